The van der Waals surface area contributed by atoms with Crippen LogP contribution in [0.5, 0.6) is 0 Å². The molecule has 2 saturated carbocycles. The molecule has 2 bridgehead atoms. The molecule has 0 amide bonds. The highest BCUT2D eigenvalue weighted by Gasteiger charge is 2.74. The Bertz CT molecular complexity index is 1930. The summed E-state index contributed by atoms with van der Waals surface area (Å²) in [6.45, 7) is -5.26. The Morgan fingerprint density at radius 2 is 1.56 bits per heavy atom. The van der Waals surface area contributed by atoms with Crippen LogP contribution < -0.4 is 11.5 Å². The number of phosphoric acid groups is 1. The first-order chi connectivity index (χ1) is 21.4. The van der Waals surface area contributed by atoms with Crippen LogP contribution in [0.2, 0.25) is 0 Å². The Balaban J connectivity index is 1.14. The molecule has 4 fully saturated rings. The SMILES string of the molecule is Nc1ncnc2c1ncn2[C@H]1[C@H](O)[C@@H]2O[P@](=O)(S)OC[C@H]3O[C@@H](n4cnc5c(N)ncnc54)[C@H](OP(=O)(O)OC[C@]24C[C@H]14)[C@@H]3O. The van der Waals surface area contributed by atoms with Crippen molar-refractivity contribution in [2.24, 2.45) is 11.3 Å². The van der Waals surface area contributed by atoms with E-state index in [4.69, 9.17) is 34.3 Å². The minimum absolute atomic E-state index is 0.0746. The van der Waals surface area contributed by atoms with Crippen LogP contribution in [0.1, 0.15) is 18.7 Å². The monoisotopic (exact) mass is 684 g/mol. The zero-order valence-electron chi connectivity index (χ0n) is 22.8. The lowest BCUT2D eigenvalue weighted by Gasteiger charge is -2.30. The maximum absolute atomic E-state index is 13.6. The summed E-state index contributed by atoms with van der Waals surface area (Å²) in [5.41, 5.74) is 11.8. The molecule has 4 aromatic rings. The second kappa shape index (κ2) is 10.1. The topological polar surface area (TPSA) is 280 Å². The van der Waals surface area contributed by atoms with E-state index < -0.39 is 82.0 Å². The molecule has 240 valence electrons. The van der Waals surface area contributed by atoms with E-state index in [9.17, 15) is 24.2 Å². The summed E-state index contributed by atoms with van der Waals surface area (Å²) < 4.78 is 58.3. The number of hydrogen-bond donors (Lipinski definition) is 6. The molecular formula is C22H26N10O10P2S. The van der Waals surface area contributed by atoms with Gasteiger partial charge in [0.25, 0.3) is 0 Å². The maximum Gasteiger partial charge on any atom is 0.472 e. The van der Waals surface area contributed by atoms with Crippen molar-refractivity contribution in [3.8, 4) is 0 Å². The van der Waals surface area contributed by atoms with Crippen molar-refractivity contribution in [1.29, 1.82) is 0 Å². The van der Waals surface area contributed by atoms with Crippen molar-refractivity contribution >= 4 is 60.8 Å². The Labute approximate surface area is 257 Å². The van der Waals surface area contributed by atoms with Gasteiger partial charge >= 0.3 is 14.6 Å². The fourth-order valence-electron chi connectivity index (χ4n) is 6.73. The minimum atomic E-state index is -4.94. The van der Waals surface area contributed by atoms with Gasteiger partial charge in [0.15, 0.2) is 29.2 Å². The first kappa shape index (κ1) is 29.6. The number of rotatable bonds is 2. The number of aliphatic hydroxyl groups excluding tert-OH is 2. The lowest BCUT2D eigenvalue weighted by Crippen LogP contribution is -2.37. The lowest BCUT2D eigenvalue weighted by atomic mass is 10.0. The number of aliphatic hydroxyl groups is 2. The Kier molecular flexibility index (Phi) is 6.64. The van der Waals surface area contributed by atoms with Crippen molar-refractivity contribution in [1.82, 2.24) is 39.0 Å². The average Bonchev–Trinajstić information content (AvgIpc) is 3.28. The average molecular weight is 685 g/mol. The van der Waals surface area contributed by atoms with E-state index in [1.165, 1.54) is 29.9 Å². The Morgan fingerprint density at radius 1 is 0.911 bits per heavy atom. The lowest BCUT2D eigenvalue weighted by molar-refractivity contribution is -0.0592. The van der Waals surface area contributed by atoms with Crippen LogP contribution in [0, 0.1) is 11.3 Å². The summed E-state index contributed by atoms with van der Waals surface area (Å²) in [5, 5.41) is 22.7. The molecule has 45 heavy (non-hydrogen) atoms. The van der Waals surface area contributed by atoms with E-state index in [1.54, 1.807) is 4.57 Å². The summed E-state index contributed by atoms with van der Waals surface area (Å²) in [4.78, 5) is 35.6. The maximum atomic E-state index is 13.6. The third kappa shape index (κ3) is 4.61. The molecule has 4 aliphatic rings. The zero-order chi connectivity index (χ0) is 31.5. The molecule has 23 heteroatoms. The van der Waals surface area contributed by atoms with Gasteiger partial charge in [0.1, 0.15) is 54.2 Å². The van der Waals surface area contributed by atoms with Crippen LogP contribution in [0.3, 0.4) is 0 Å². The normalized spacial score (nSPS) is 41.7. The number of nitrogen functional groups attached to an aromatic ring is 2. The molecule has 1 spiro atoms. The third-order valence-electron chi connectivity index (χ3n) is 8.90. The molecule has 11 atom stereocenters. The van der Waals surface area contributed by atoms with Crippen LogP contribution in [0.4, 0.5) is 11.6 Å². The van der Waals surface area contributed by atoms with E-state index in [-0.39, 0.29) is 22.8 Å². The van der Waals surface area contributed by atoms with E-state index >= 15 is 0 Å². The van der Waals surface area contributed by atoms with Gasteiger partial charge in [-0.25, -0.2) is 39.0 Å². The summed E-state index contributed by atoms with van der Waals surface area (Å²) in [6, 6.07) is -0.729. The number of hydrogen-bond acceptors (Lipinski definition) is 17. The third-order valence-corrected chi connectivity index (χ3v) is 11.5. The van der Waals surface area contributed by atoms with Gasteiger partial charge in [-0.05, 0) is 12.3 Å². The van der Waals surface area contributed by atoms with Gasteiger partial charge in [0, 0.05) is 5.41 Å². The first-order valence-corrected chi connectivity index (χ1v) is 17.8. The van der Waals surface area contributed by atoms with Gasteiger partial charge in [-0.15, -0.1) is 0 Å². The molecule has 20 nitrogen and oxygen atoms in total. The fraction of sp³-hybridized carbons (Fsp3) is 0.545. The van der Waals surface area contributed by atoms with E-state index in [0.29, 0.717) is 17.6 Å². The summed E-state index contributed by atoms with van der Waals surface area (Å²) >= 11 is 4.14. The van der Waals surface area contributed by atoms with Gasteiger partial charge < -0.3 is 35.9 Å². The molecule has 0 radical (unpaired) electrons. The number of aromatic nitrogens is 8. The standard InChI is InChI=1S/C22H26N10O10P2S/c23-17-10-19(27-4-25-17)31(6-29-10)12-8-1-22(8)3-39-43(35,36)41-15-13(33)9(2-38-44(37,45)42-16(22)14(12)34)40-21(15)32-7-30-11-18(24)26-5-28-20(11)32/h4-9,12-16,21,33-34H,1-3H2,(H,35,36)(H,37,45)(H2,23,25,27)(H2,24,26,28)/t8-,9-,12-,13-,14+,15-,16+,21-,22+,44-/m1/s1. The van der Waals surface area contributed by atoms with Gasteiger partial charge in [0.05, 0.1) is 31.9 Å². The number of ether oxygens (including phenoxy) is 1. The number of fused-ring (bicyclic) bond motifs is 4. The van der Waals surface area contributed by atoms with E-state index in [1.807, 2.05) is 0 Å². The first-order valence-electron chi connectivity index (χ1n) is 13.6. The van der Waals surface area contributed by atoms with Crippen molar-refractivity contribution in [3.05, 3.63) is 25.3 Å². The largest absolute Gasteiger partial charge is 0.472 e. The molecule has 2 aliphatic heterocycles. The van der Waals surface area contributed by atoms with Crippen LogP contribution in [-0.4, -0.2) is 97.9 Å². The number of phosphoric ester groups is 1. The predicted octanol–water partition coefficient (Wildman–Crippen LogP) is -0.0337. The van der Waals surface area contributed by atoms with Crippen LogP contribution in [0.25, 0.3) is 22.3 Å². The summed E-state index contributed by atoms with van der Waals surface area (Å²) in [7, 11) is -4.94. The van der Waals surface area contributed by atoms with Crippen LogP contribution in [0.15, 0.2) is 25.3 Å². The summed E-state index contributed by atoms with van der Waals surface area (Å²) in [5.74, 6) is -0.196. The number of imidazole rings is 2. The predicted molar refractivity (Wildman–Crippen MR) is 153 cm³/mol. The van der Waals surface area contributed by atoms with Crippen molar-refractivity contribution in [3.63, 3.8) is 0 Å². The Hall–Kier alpha value is -2.81. The molecular weight excluding hydrogens is 658 g/mol. The van der Waals surface area contributed by atoms with Crippen molar-refractivity contribution in [2.75, 3.05) is 24.7 Å². The zero-order valence-corrected chi connectivity index (χ0v) is 25.5. The Morgan fingerprint density at radius 3 is 2.24 bits per heavy atom. The summed E-state index contributed by atoms with van der Waals surface area (Å²) in [6.07, 6.45) is -2.68. The molecule has 0 aromatic carbocycles. The van der Waals surface area contributed by atoms with Gasteiger partial charge in [-0.3, -0.25) is 22.7 Å². The number of anilines is 2. The highest BCUT2D eigenvalue weighted by Crippen LogP contribution is 2.73. The smallest absolute Gasteiger partial charge is 0.388 e. The number of nitrogens with two attached hydrogens (primary N) is 2. The molecule has 8 rings (SSSR count). The van der Waals surface area contributed by atoms with Gasteiger partial charge in [0.2, 0.25) is 0 Å². The van der Waals surface area contributed by atoms with Crippen LogP contribution in [-0.2, 0) is 32.0 Å². The van der Waals surface area contributed by atoms with E-state index in [0.717, 1.165) is 0 Å². The quantitative estimate of drug-likeness (QED) is 0.119. The van der Waals surface area contributed by atoms with Crippen molar-refractivity contribution in [2.45, 2.75) is 49.2 Å². The molecule has 2 aliphatic carbocycles. The minimum Gasteiger partial charge on any atom is -0.388 e. The molecule has 2 saturated heterocycles. The molecule has 4 aromatic heterocycles. The molecule has 7 N–H and O–H groups in total. The van der Waals surface area contributed by atoms with Crippen LogP contribution >= 0.6 is 26.9 Å². The number of thiol groups is 1. The van der Waals surface area contributed by atoms with E-state index in [2.05, 4.69) is 42.2 Å². The van der Waals surface area contributed by atoms with Gasteiger partial charge in [-0.1, -0.05) is 12.2 Å². The fourth-order valence-corrected chi connectivity index (χ4v) is 9.26. The van der Waals surface area contributed by atoms with Gasteiger partial charge in [-0.2, -0.15) is 0 Å². The van der Waals surface area contributed by atoms with Crippen molar-refractivity contribution < 1.29 is 47.1 Å². The second-order valence-corrected chi connectivity index (χ2v) is 15.6. The highest BCUT2D eigenvalue weighted by molar-refractivity contribution is 8.44. The second-order valence-electron chi connectivity index (χ2n) is 11.3. The molecule has 6 heterocycles. The number of nitrogens with zero attached hydrogens (tertiary/aromatic N) is 8. The molecule has 1 unspecified atom stereocenters. The highest BCUT2D eigenvalue weighted by atomic mass is 32.7.